The van der Waals surface area contributed by atoms with Crippen LogP contribution in [0.5, 0.6) is 0 Å². The van der Waals surface area contributed by atoms with Crippen LogP contribution in [0, 0.1) is 0 Å². The SMILES string of the molecule is COCCOCc1cccc(NC(=O)NCCC2=CCCCC2)c1. The van der Waals surface area contributed by atoms with Gasteiger partial charge in [0.15, 0.2) is 0 Å². The third-order valence-electron chi connectivity index (χ3n) is 4.00. The van der Waals surface area contributed by atoms with Crippen molar-refractivity contribution in [1.29, 1.82) is 0 Å². The number of benzene rings is 1. The number of amides is 2. The maximum atomic E-state index is 12.0. The van der Waals surface area contributed by atoms with Gasteiger partial charge in [0.05, 0.1) is 19.8 Å². The van der Waals surface area contributed by atoms with Gasteiger partial charge in [0.2, 0.25) is 0 Å². The number of rotatable bonds is 9. The lowest BCUT2D eigenvalue weighted by molar-refractivity contribution is 0.0617. The number of methoxy groups -OCH3 is 1. The Morgan fingerprint density at radius 1 is 1.25 bits per heavy atom. The summed E-state index contributed by atoms with van der Waals surface area (Å²) in [5.74, 6) is 0. The number of allylic oxidation sites excluding steroid dienone is 1. The van der Waals surface area contributed by atoms with Gasteiger partial charge in [0.25, 0.3) is 0 Å². The molecule has 5 heteroatoms. The fourth-order valence-electron chi connectivity index (χ4n) is 2.71. The molecule has 0 heterocycles. The molecular weight excluding hydrogens is 304 g/mol. The molecule has 0 unspecified atom stereocenters. The predicted octanol–water partition coefficient (Wildman–Crippen LogP) is 3.86. The van der Waals surface area contributed by atoms with Gasteiger partial charge in [-0.2, -0.15) is 0 Å². The van der Waals surface area contributed by atoms with Crippen molar-refractivity contribution in [3.8, 4) is 0 Å². The van der Waals surface area contributed by atoms with Crippen LogP contribution in [-0.2, 0) is 16.1 Å². The summed E-state index contributed by atoms with van der Waals surface area (Å²) >= 11 is 0. The van der Waals surface area contributed by atoms with Gasteiger partial charge in [-0.1, -0.05) is 23.8 Å². The molecule has 1 aromatic rings. The van der Waals surface area contributed by atoms with Gasteiger partial charge in [-0.15, -0.1) is 0 Å². The van der Waals surface area contributed by atoms with Gasteiger partial charge in [0.1, 0.15) is 0 Å². The van der Waals surface area contributed by atoms with E-state index in [0.717, 1.165) is 17.7 Å². The van der Waals surface area contributed by atoms with E-state index in [1.54, 1.807) is 7.11 Å². The third-order valence-corrected chi connectivity index (χ3v) is 4.00. The number of urea groups is 1. The summed E-state index contributed by atoms with van der Waals surface area (Å²) < 4.78 is 10.4. The zero-order valence-corrected chi connectivity index (χ0v) is 14.5. The van der Waals surface area contributed by atoms with E-state index in [1.807, 2.05) is 24.3 Å². The van der Waals surface area contributed by atoms with E-state index in [9.17, 15) is 4.79 Å². The van der Waals surface area contributed by atoms with Crippen LogP contribution in [0.15, 0.2) is 35.9 Å². The van der Waals surface area contributed by atoms with E-state index in [0.29, 0.717) is 26.4 Å². The summed E-state index contributed by atoms with van der Waals surface area (Å²) in [6.07, 6.45) is 8.19. The first-order valence-electron chi connectivity index (χ1n) is 8.66. The summed E-state index contributed by atoms with van der Waals surface area (Å²) in [6.45, 7) is 2.33. The molecule has 0 bridgehead atoms. The Labute approximate surface area is 144 Å². The molecule has 0 saturated carbocycles. The van der Waals surface area contributed by atoms with E-state index in [-0.39, 0.29) is 6.03 Å². The van der Waals surface area contributed by atoms with Gasteiger partial charge >= 0.3 is 6.03 Å². The smallest absolute Gasteiger partial charge is 0.319 e. The maximum absolute atomic E-state index is 12.0. The third kappa shape index (κ3) is 7.15. The lowest BCUT2D eigenvalue weighted by atomic mass is 9.97. The minimum atomic E-state index is -0.163. The Balaban J connectivity index is 1.69. The molecular formula is C19H28N2O3. The van der Waals surface area contributed by atoms with Crippen molar-refractivity contribution in [1.82, 2.24) is 5.32 Å². The Hall–Kier alpha value is -1.85. The highest BCUT2D eigenvalue weighted by molar-refractivity contribution is 5.89. The molecule has 2 amide bonds. The first kappa shape index (κ1) is 18.5. The summed E-state index contributed by atoms with van der Waals surface area (Å²) in [5, 5.41) is 5.79. The van der Waals surface area contributed by atoms with Crippen LogP contribution in [0.25, 0.3) is 0 Å². The van der Waals surface area contributed by atoms with Crippen molar-refractivity contribution in [2.75, 3.05) is 32.2 Å². The Bertz CT molecular complexity index is 543. The molecule has 0 spiro atoms. The average Bonchev–Trinajstić information content (AvgIpc) is 2.60. The van der Waals surface area contributed by atoms with Gasteiger partial charge in [-0.25, -0.2) is 4.79 Å². The highest BCUT2D eigenvalue weighted by atomic mass is 16.5. The molecule has 2 N–H and O–H groups in total. The first-order chi connectivity index (χ1) is 11.8. The summed E-state index contributed by atoms with van der Waals surface area (Å²) in [6, 6.07) is 7.53. The second kappa shape index (κ2) is 10.8. The number of hydrogen-bond acceptors (Lipinski definition) is 3. The topological polar surface area (TPSA) is 59.6 Å². The second-order valence-electron chi connectivity index (χ2n) is 5.98. The van der Waals surface area contributed by atoms with E-state index < -0.39 is 0 Å². The largest absolute Gasteiger partial charge is 0.382 e. The molecule has 0 aromatic heterocycles. The van der Waals surface area contributed by atoms with Crippen molar-refractivity contribution in [3.05, 3.63) is 41.5 Å². The summed E-state index contributed by atoms with van der Waals surface area (Å²) in [7, 11) is 1.65. The molecule has 0 fully saturated rings. The van der Waals surface area contributed by atoms with Crippen LogP contribution in [0.4, 0.5) is 10.5 Å². The van der Waals surface area contributed by atoms with Crippen molar-refractivity contribution in [2.24, 2.45) is 0 Å². The van der Waals surface area contributed by atoms with Gasteiger partial charge in [-0.3, -0.25) is 0 Å². The molecule has 0 atom stereocenters. The highest BCUT2D eigenvalue weighted by Gasteiger charge is 2.05. The number of carbonyl (C=O) groups excluding carboxylic acids is 1. The normalized spacial score (nSPS) is 14.1. The van der Waals surface area contributed by atoms with Crippen LogP contribution < -0.4 is 10.6 Å². The highest BCUT2D eigenvalue weighted by Crippen LogP contribution is 2.19. The molecule has 132 valence electrons. The standard InChI is InChI=1S/C19H28N2O3/c1-23-12-13-24-15-17-8-5-9-18(14-17)21-19(22)20-11-10-16-6-3-2-4-7-16/h5-6,8-9,14H,2-4,7,10-13,15H2,1H3,(H2,20,21,22). The van der Waals surface area contributed by atoms with E-state index >= 15 is 0 Å². The molecule has 1 aliphatic rings. The van der Waals surface area contributed by atoms with Gasteiger partial charge in [-0.05, 0) is 49.8 Å². The molecule has 24 heavy (non-hydrogen) atoms. The zero-order chi connectivity index (χ0) is 17.0. The first-order valence-corrected chi connectivity index (χ1v) is 8.66. The number of anilines is 1. The fourth-order valence-corrected chi connectivity index (χ4v) is 2.71. The maximum Gasteiger partial charge on any atom is 0.319 e. The lowest BCUT2D eigenvalue weighted by Gasteiger charge is -2.13. The quantitative estimate of drug-likeness (QED) is 0.533. The average molecular weight is 332 g/mol. The van der Waals surface area contributed by atoms with Crippen LogP contribution in [0.3, 0.4) is 0 Å². The molecule has 2 rings (SSSR count). The van der Waals surface area contributed by atoms with Crippen LogP contribution in [0.2, 0.25) is 0 Å². The van der Waals surface area contributed by atoms with Crippen molar-refractivity contribution in [3.63, 3.8) is 0 Å². The Kier molecular flexibility index (Phi) is 8.35. The number of nitrogens with one attached hydrogen (secondary N) is 2. The molecule has 1 aromatic carbocycles. The van der Waals surface area contributed by atoms with Crippen molar-refractivity contribution in [2.45, 2.75) is 38.7 Å². The Morgan fingerprint density at radius 3 is 2.96 bits per heavy atom. The zero-order valence-electron chi connectivity index (χ0n) is 14.5. The summed E-state index contributed by atoms with van der Waals surface area (Å²) in [4.78, 5) is 12.0. The molecule has 0 saturated heterocycles. The van der Waals surface area contributed by atoms with E-state index in [4.69, 9.17) is 9.47 Å². The molecule has 5 nitrogen and oxygen atoms in total. The Morgan fingerprint density at radius 2 is 2.17 bits per heavy atom. The number of hydrogen-bond donors (Lipinski definition) is 2. The number of ether oxygens (including phenoxy) is 2. The van der Waals surface area contributed by atoms with Crippen LogP contribution >= 0.6 is 0 Å². The number of carbonyl (C=O) groups is 1. The van der Waals surface area contributed by atoms with Crippen molar-refractivity contribution >= 4 is 11.7 Å². The van der Waals surface area contributed by atoms with Gasteiger partial charge in [0, 0.05) is 19.3 Å². The lowest BCUT2D eigenvalue weighted by Crippen LogP contribution is -2.29. The summed E-state index contributed by atoms with van der Waals surface area (Å²) in [5.41, 5.74) is 3.27. The van der Waals surface area contributed by atoms with Gasteiger partial charge < -0.3 is 20.1 Å². The molecule has 1 aliphatic carbocycles. The van der Waals surface area contributed by atoms with E-state index in [1.165, 1.54) is 31.3 Å². The van der Waals surface area contributed by atoms with Crippen LogP contribution in [0.1, 0.15) is 37.7 Å². The second-order valence-corrected chi connectivity index (χ2v) is 5.98. The van der Waals surface area contributed by atoms with Crippen molar-refractivity contribution < 1.29 is 14.3 Å². The minimum absolute atomic E-state index is 0.163. The predicted molar refractivity (Wildman–Crippen MR) is 96.2 cm³/mol. The van der Waals surface area contributed by atoms with Crippen LogP contribution in [-0.4, -0.2) is 32.9 Å². The fraction of sp³-hybridized carbons (Fsp3) is 0.526. The monoisotopic (exact) mass is 332 g/mol. The molecule has 0 radical (unpaired) electrons. The molecule has 0 aliphatic heterocycles. The van der Waals surface area contributed by atoms with E-state index in [2.05, 4.69) is 16.7 Å². The minimum Gasteiger partial charge on any atom is -0.382 e.